The number of hydrogen-bond acceptors (Lipinski definition) is 6. The van der Waals surface area contributed by atoms with E-state index in [9.17, 15) is 14.7 Å². The van der Waals surface area contributed by atoms with Crippen LogP contribution in [0.5, 0.6) is 17.2 Å². The lowest BCUT2D eigenvalue weighted by atomic mass is 9.94. The highest BCUT2D eigenvalue weighted by molar-refractivity contribution is 6.52. The van der Waals surface area contributed by atoms with Crippen molar-refractivity contribution in [1.82, 2.24) is 0 Å². The molecule has 1 fully saturated rings. The molecule has 7 nitrogen and oxygen atoms in total. The lowest BCUT2D eigenvalue weighted by molar-refractivity contribution is -0.132. The Kier molecular flexibility index (Phi) is 7.43. The monoisotopic (exact) mass is 527 g/mol. The molecule has 1 aliphatic heterocycles. The van der Waals surface area contributed by atoms with E-state index in [0.717, 1.165) is 0 Å². The van der Waals surface area contributed by atoms with Crippen molar-refractivity contribution in [3.05, 3.63) is 87.4 Å². The maximum Gasteiger partial charge on any atom is 0.300 e. The molecule has 1 N–H and O–H groups in total. The summed E-state index contributed by atoms with van der Waals surface area (Å²) in [6.07, 6.45) is 0. The van der Waals surface area contributed by atoms with E-state index in [2.05, 4.69) is 0 Å². The number of anilines is 1. The Balaban J connectivity index is 1.99. The number of aliphatic hydroxyl groups excluding tert-OH is 1. The van der Waals surface area contributed by atoms with Crippen molar-refractivity contribution < 1.29 is 28.9 Å². The van der Waals surface area contributed by atoms with Gasteiger partial charge in [-0.3, -0.25) is 14.5 Å². The van der Waals surface area contributed by atoms with Crippen LogP contribution in [0.25, 0.3) is 5.76 Å². The maximum absolute atomic E-state index is 13.4. The lowest BCUT2D eigenvalue weighted by Gasteiger charge is -2.26. The Bertz CT molecular complexity index is 1370. The molecule has 36 heavy (non-hydrogen) atoms. The van der Waals surface area contributed by atoms with E-state index in [1.807, 2.05) is 6.92 Å². The summed E-state index contributed by atoms with van der Waals surface area (Å²) in [4.78, 5) is 28.1. The molecular formula is C27H23Cl2NO6. The highest BCUT2D eigenvalue weighted by Crippen LogP contribution is 2.45. The van der Waals surface area contributed by atoms with Crippen LogP contribution >= 0.6 is 23.2 Å². The Hall–Kier alpha value is -3.68. The summed E-state index contributed by atoms with van der Waals surface area (Å²) in [5, 5.41) is 12.1. The van der Waals surface area contributed by atoms with Crippen molar-refractivity contribution >= 4 is 46.3 Å². The number of halogens is 2. The van der Waals surface area contributed by atoms with E-state index < -0.39 is 23.5 Å². The fraction of sp³-hybridized carbons (Fsp3) is 0.185. The number of benzene rings is 3. The molecular weight excluding hydrogens is 505 g/mol. The topological polar surface area (TPSA) is 85.3 Å². The van der Waals surface area contributed by atoms with E-state index in [1.165, 1.54) is 31.3 Å². The fourth-order valence-corrected chi connectivity index (χ4v) is 4.60. The average molecular weight is 528 g/mol. The molecule has 186 valence electrons. The second kappa shape index (κ2) is 10.5. The third-order valence-electron chi connectivity index (χ3n) is 5.74. The van der Waals surface area contributed by atoms with Crippen LogP contribution in [-0.2, 0) is 9.59 Å². The van der Waals surface area contributed by atoms with E-state index >= 15 is 0 Å². The average Bonchev–Trinajstić information content (AvgIpc) is 3.14. The first-order valence-electron chi connectivity index (χ1n) is 11.0. The molecule has 1 atom stereocenters. The summed E-state index contributed by atoms with van der Waals surface area (Å²) in [7, 11) is 2.86. The third kappa shape index (κ3) is 4.59. The van der Waals surface area contributed by atoms with Crippen molar-refractivity contribution in [3.8, 4) is 17.2 Å². The van der Waals surface area contributed by atoms with Gasteiger partial charge in [0.25, 0.3) is 11.7 Å². The zero-order valence-corrected chi connectivity index (χ0v) is 21.3. The predicted octanol–water partition coefficient (Wildman–Crippen LogP) is 6.04. The minimum absolute atomic E-state index is 0.131. The molecule has 3 aromatic rings. The summed E-state index contributed by atoms with van der Waals surface area (Å²) in [5.74, 6) is -1.03. The van der Waals surface area contributed by atoms with Crippen LogP contribution in [-0.4, -0.2) is 37.6 Å². The third-order valence-corrected chi connectivity index (χ3v) is 6.28. The second-order valence-electron chi connectivity index (χ2n) is 7.84. The maximum atomic E-state index is 13.4. The SMILES string of the molecule is CCOc1cccc(C2/C(=C(\O)c3cc(Cl)c(OC)cc3OC)C(=O)C(=O)N2c2cccc(Cl)c2)c1. The van der Waals surface area contributed by atoms with Crippen LogP contribution in [0.15, 0.2) is 66.2 Å². The molecule has 0 spiro atoms. The number of methoxy groups -OCH3 is 2. The van der Waals surface area contributed by atoms with Crippen molar-refractivity contribution in [3.63, 3.8) is 0 Å². The number of nitrogens with zero attached hydrogens (tertiary/aromatic N) is 1. The van der Waals surface area contributed by atoms with Crippen LogP contribution in [0.2, 0.25) is 10.0 Å². The largest absolute Gasteiger partial charge is 0.507 e. The van der Waals surface area contributed by atoms with Crippen LogP contribution in [0.1, 0.15) is 24.1 Å². The first-order chi connectivity index (χ1) is 17.3. The van der Waals surface area contributed by atoms with Crippen molar-refractivity contribution in [2.45, 2.75) is 13.0 Å². The molecule has 1 amide bonds. The van der Waals surface area contributed by atoms with Gasteiger partial charge in [-0.15, -0.1) is 0 Å². The number of amides is 1. The number of ketones is 1. The second-order valence-corrected chi connectivity index (χ2v) is 8.69. The molecule has 0 aromatic heterocycles. The molecule has 0 saturated carbocycles. The van der Waals surface area contributed by atoms with E-state index in [-0.39, 0.29) is 21.9 Å². The van der Waals surface area contributed by atoms with Gasteiger partial charge in [-0.1, -0.05) is 41.4 Å². The van der Waals surface area contributed by atoms with Gasteiger partial charge in [0.05, 0.1) is 43.0 Å². The minimum atomic E-state index is -0.977. The molecule has 1 unspecified atom stereocenters. The molecule has 0 bridgehead atoms. The molecule has 1 heterocycles. The molecule has 3 aromatic carbocycles. The quantitative estimate of drug-likeness (QED) is 0.229. The highest BCUT2D eigenvalue weighted by atomic mass is 35.5. The van der Waals surface area contributed by atoms with Crippen LogP contribution in [0, 0.1) is 0 Å². The summed E-state index contributed by atoms with van der Waals surface area (Å²) >= 11 is 12.5. The van der Waals surface area contributed by atoms with Gasteiger partial charge >= 0.3 is 0 Å². The Morgan fingerprint density at radius 1 is 0.972 bits per heavy atom. The van der Waals surface area contributed by atoms with Crippen molar-refractivity contribution in [2.24, 2.45) is 0 Å². The molecule has 9 heteroatoms. The van der Waals surface area contributed by atoms with Crippen molar-refractivity contribution in [2.75, 3.05) is 25.7 Å². The number of ether oxygens (including phenoxy) is 3. The predicted molar refractivity (Wildman–Crippen MR) is 138 cm³/mol. The van der Waals surface area contributed by atoms with Crippen LogP contribution in [0.3, 0.4) is 0 Å². The van der Waals surface area contributed by atoms with Gasteiger partial charge in [0.2, 0.25) is 0 Å². The number of carbonyl (C=O) groups is 2. The zero-order chi connectivity index (χ0) is 26.0. The van der Waals surface area contributed by atoms with Gasteiger partial charge in [0, 0.05) is 16.8 Å². The Morgan fingerprint density at radius 2 is 1.69 bits per heavy atom. The van der Waals surface area contributed by atoms with E-state index in [1.54, 1.807) is 48.5 Å². The molecule has 0 aliphatic carbocycles. The van der Waals surface area contributed by atoms with Gasteiger partial charge in [-0.05, 0) is 48.9 Å². The highest BCUT2D eigenvalue weighted by Gasteiger charge is 2.47. The number of carbonyl (C=O) groups excluding carboxylic acids is 2. The summed E-state index contributed by atoms with van der Waals surface area (Å²) in [5.41, 5.74) is 0.960. The van der Waals surface area contributed by atoms with Gasteiger partial charge in [-0.2, -0.15) is 0 Å². The number of rotatable bonds is 7. The van der Waals surface area contributed by atoms with E-state index in [0.29, 0.717) is 34.4 Å². The van der Waals surface area contributed by atoms with Crippen LogP contribution < -0.4 is 19.1 Å². The van der Waals surface area contributed by atoms with Gasteiger partial charge in [-0.25, -0.2) is 0 Å². The number of aliphatic hydroxyl groups is 1. The smallest absolute Gasteiger partial charge is 0.300 e. The molecule has 1 aliphatic rings. The molecule has 0 radical (unpaired) electrons. The fourth-order valence-electron chi connectivity index (χ4n) is 4.17. The summed E-state index contributed by atoms with van der Waals surface area (Å²) in [6, 6.07) is 15.5. The van der Waals surface area contributed by atoms with Crippen LogP contribution in [0.4, 0.5) is 5.69 Å². The Labute approximate surface area is 218 Å². The summed E-state index contributed by atoms with van der Waals surface area (Å²) < 4.78 is 16.3. The first kappa shape index (κ1) is 25.4. The zero-order valence-electron chi connectivity index (χ0n) is 19.7. The normalized spacial score (nSPS) is 16.8. The van der Waals surface area contributed by atoms with Gasteiger partial charge in [0.15, 0.2) is 0 Å². The first-order valence-corrected chi connectivity index (χ1v) is 11.8. The van der Waals surface area contributed by atoms with Gasteiger partial charge in [0.1, 0.15) is 23.0 Å². The van der Waals surface area contributed by atoms with E-state index in [4.69, 9.17) is 37.4 Å². The molecule has 1 saturated heterocycles. The number of hydrogen-bond donors (Lipinski definition) is 1. The Morgan fingerprint density at radius 3 is 2.36 bits per heavy atom. The standard InChI is InChI=1S/C27H23Cl2NO6/c1-4-36-18-10-5-7-15(11-18)24-23(25(31)19-13-20(29)22(35-3)14-21(19)34-2)26(32)27(33)30(24)17-9-6-8-16(28)12-17/h5-14,24,31H,4H2,1-3H3/b25-23+. The van der Waals surface area contributed by atoms with Gasteiger partial charge < -0.3 is 19.3 Å². The summed E-state index contributed by atoms with van der Waals surface area (Å²) in [6.45, 7) is 2.28. The number of Topliss-reactive ketones (excluding diaryl/α,β-unsaturated/α-hetero) is 1. The van der Waals surface area contributed by atoms with Crippen molar-refractivity contribution in [1.29, 1.82) is 0 Å². The molecule has 4 rings (SSSR count). The minimum Gasteiger partial charge on any atom is -0.507 e. The lowest BCUT2D eigenvalue weighted by Crippen LogP contribution is -2.29.